The van der Waals surface area contributed by atoms with E-state index in [2.05, 4.69) is 15.1 Å². The van der Waals surface area contributed by atoms with Crippen LogP contribution in [-0.4, -0.2) is 53.9 Å². The molecule has 0 bridgehead atoms. The number of carbonyl (C=O) groups is 2. The third-order valence-electron chi connectivity index (χ3n) is 4.83. The van der Waals surface area contributed by atoms with Crippen LogP contribution in [0, 0.1) is 10.1 Å². The van der Waals surface area contributed by atoms with Crippen molar-refractivity contribution in [2.24, 2.45) is 5.73 Å². The van der Waals surface area contributed by atoms with Crippen LogP contribution in [-0.2, 0) is 4.79 Å². The number of primary amides is 1. The second kappa shape index (κ2) is 8.36. The number of thiophene rings is 1. The molecule has 1 unspecified atom stereocenters. The molecular weight excluding hydrogens is 382 g/mol. The number of non-ortho nitro benzene ring substituents is 1. The Labute approximate surface area is 165 Å². The van der Waals surface area contributed by atoms with Gasteiger partial charge in [0.15, 0.2) is 0 Å². The number of hydrogen-bond donors (Lipinski definition) is 2. The molecule has 1 fully saturated rings. The third kappa shape index (κ3) is 4.29. The topological polar surface area (TPSA) is 122 Å². The van der Waals surface area contributed by atoms with Crippen LogP contribution in [0.4, 0.5) is 16.4 Å². The van der Waals surface area contributed by atoms with E-state index in [1.807, 2.05) is 6.92 Å². The minimum Gasteiger partial charge on any atom is -0.369 e. The highest BCUT2D eigenvalue weighted by Gasteiger charge is 2.27. The molecule has 148 valence electrons. The van der Waals surface area contributed by atoms with Crippen LogP contribution in [0.3, 0.4) is 0 Å². The van der Waals surface area contributed by atoms with Crippen molar-refractivity contribution in [1.82, 2.24) is 4.90 Å². The standard InChI is InChI=1S/C18H21N5O4S/c1-12(17(25)20-18-15(16(19)24)6-11-28-18)21-7-9-22(10-8-21)13-2-4-14(5-3-13)23(26)27/h2-6,11-12H,7-10H2,1H3,(H2,19,24)(H,20,25). The maximum absolute atomic E-state index is 12.6. The number of nitrogens with zero attached hydrogens (tertiary/aromatic N) is 3. The molecule has 1 aromatic carbocycles. The first-order valence-electron chi connectivity index (χ1n) is 8.78. The van der Waals surface area contributed by atoms with E-state index in [1.54, 1.807) is 23.6 Å². The van der Waals surface area contributed by atoms with E-state index in [-0.39, 0.29) is 17.6 Å². The number of nitrogens with one attached hydrogen (secondary N) is 1. The van der Waals surface area contributed by atoms with Gasteiger partial charge in [-0.25, -0.2) is 0 Å². The zero-order valence-electron chi connectivity index (χ0n) is 15.3. The monoisotopic (exact) mass is 403 g/mol. The Balaban J connectivity index is 1.56. The highest BCUT2D eigenvalue weighted by molar-refractivity contribution is 7.14. The van der Waals surface area contributed by atoms with E-state index in [1.165, 1.54) is 23.5 Å². The number of hydrogen-bond acceptors (Lipinski definition) is 7. The van der Waals surface area contributed by atoms with Gasteiger partial charge in [-0.1, -0.05) is 0 Å². The van der Waals surface area contributed by atoms with Crippen LogP contribution in [0.25, 0.3) is 0 Å². The fourth-order valence-electron chi connectivity index (χ4n) is 3.13. The van der Waals surface area contributed by atoms with E-state index in [9.17, 15) is 19.7 Å². The van der Waals surface area contributed by atoms with Crippen molar-refractivity contribution in [2.45, 2.75) is 13.0 Å². The second-order valence-electron chi connectivity index (χ2n) is 6.49. The number of rotatable bonds is 6. The summed E-state index contributed by atoms with van der Waals surface area (Å²) in [6.45, 7) is 4.60. The number of piperazine rings is 1. The number of nitro groups is 1. The summed E-state index contributed by atoms with van der Waals surface area (Å²) in [6.07, 6.45) is 0. The normalized spacial score (nSPS) is 15.8. The summed E-state index contributed by atoms with van der Waals surface area (Å²) in [6, 6.07) is 7.71. The lowest BCUT2D eigenvalue weighted by molar-refractivity contribution is -0.384. The predicted molar refractivity (Wildman–Crippen MR) is 108 cm³/mol. The molecule has 0 aliphatic carbocycles. The number of amides is 2. The smallest absolute Gasteiger partial charge is 0.269 e. The highest BCUT2D eigenvalue weighted by Crippen LogP contribution is 2.24. The average Bonchev–Trinajstić information content (AvgIpc) is 3.16. The highest BCUT2D eigenvalue weighted by atomic mass is 32.1. The zero-order chi connectivity index (χ0) is 20.3. The van der Waals surface area contributed by atoms with Crippen LogP contribution >= 0.6 is 11.3 Å². The second-order valence-corrected chi connectivity index (χ2v) is 7.41. The number of nitrogens with two attached hydrogens (primary N) is 1. The van der Waals surface area contributed by atoms with E-state index in [0.29, 0.717) is 36.7 Å². The molecule has 9 nitrogen and oxygen atoms in total. The van der Waals surface area contributed by atoms with E-state index >= 15 is 0 Å². The Morgan fingerprint density at radius 3 is 2.39 bits per heavy atom. The van der Waals surface area contributed by atoms with Gasteiger partial charge in [-0.2, -0.15) is 0 Å². The summed E-state index contributed by atoms with van der Waals surface area (Å²) in [5.41, 5.74) is 6.62. The van der Waals surface area contributed by atoms with Gasteiger partial charge in [-0.3, -0.25) is 24.6 Å². The summed E-state index contributed by atoms with van der Waals surface area (Å²) < 4.78 is 0. The van der Waals surface area contributed by atoms with Crippen LogP contribution in [0.2, 0.25) is 0 Å². The lowest BCUT2D eigenvalue weighted by atomic mass is 10.2. The predicted octanol–water partition coefficient (Wildman–Crippen LogP) is 1.90. The van der Waals surface area contributed by atoms with Gasteiger partial charge in [-0.05, 0) is 30.5 Å². The maximum Gasteiger partial charge on any atom is 0.269 e. The molecule has 1 atom stereocenters. The molecular formula is C18H21N5O4S. The molecule has 1 aromatic heterocycles. The lowest BCUT2D eigenvalue weighted by Crippen LogP contribution is -2.52. The zero-order valence-corrected chi connectivity index (χ0v) is 16.1. The SMILES string of the molecule is CC(C(=O)Nc1sccc1C(N)=O)N1CCN(c2ccc([N+](=O)[O-])cc2)CC1. The summed E-state index contributed by atoms with van der Waals surface area (Å²) in [5, 5.41) is 15.7. The Morgan fingerprint density at radius 2 is 1.82 bits per heavy atom. The van der Waals surface area contributed by atoms with Crippen LogP contribution in [0.15, 0.2) is 35.7 Å². The fraction of sp³-hybridized carbons (Fsp3) is 0.333. The molecule has 10 heteroatoms. The molecule has 1 saturated heterocycles. The Kier molecular flexibility index (Phi) is 5.90. The molecule has 3 rings (SSSR count). The summed E-state index contributed by atoms with van der Waals surface area (Å²) >= 11 is 1.26. The average molecular weight is 403 g/mol. The maximum atomic E-state index is 12.6. The molecule has 28 heavy (non-hydrogen) atoms. The molecule has 2 heterocycles. The molecule has 3 N–H and O–H groups in total. The number of carbonyl (C=O) groups excluding carboxylic acids is 2. The molecule has 0 spiro atoms. The van der Waals surface area contributed by atoms with Crippen molar-refractivity contribution >= 4 is 39.5 Å². The van der Waals surface area contributed by atoms with Crippen molar-refractivity contribution in [1.29, 1.82) is 0 Å². The molecule has 1 aliphatic heterocycles. The molecule has 2 aromatic rings. The lowest BCUT2D eigenvalue weighted by Gasteiger charge is -2.38. The quantitative estimate of drug-likeness (QED) is 0.561. The van der Waals surface area contributed by atoms with Gasteiger partial charge in [0.2, 0.25) is 5.91 Å². The van der Waals surface area contributed by atoms with Gasteiger partial charge < -0.3 is 16.0 Å². The van der Waals surface area contributed by atoms with Crippen molar-refractivity contribution in [3.8, 4) is 0 Å². The minimum absolute atomic E-state index is 0.0663. The largest absolute Gasteiger partial charge is 0.369 e. The van der Waals surface area contributed by atoms with Gasteiger partial charge in [0.25, 0.3) is 11.6 Å². The van der Waals surface area contributed by atoms with Gasteiger partial charge >= 0.3 is 0 Å². The third-order valence-corrected chi connectivity index (χ3v) is 5.66. The van der Waals surface area contributed by atoms with E-state index in [4.69, 9.17) is 5.73 Å². The number of benzene rings is 1. The molecule has 1 aliphatic rings. The Hall–Kier alpha value is -2.98. The van der Waals surface area contributed by atoms with E-state index < -0.39 is 10.8 Å². The van der Waals surface area contributed by atoms with Gasteiger partial charge in [-0.15, -0.1) is 11.3 Å². The first kappa shape index (κ1) is 19.8. The van der Waals surface area contributed by atoms with Gasteiger partial charge in [0.05, 0.1) is 16.5 Å². The first-order chi connectivity index (χ1) is 13.4. The van der Waals surface area contributed by atoms with Crippen molar-refractivity contribution in [3.63, 3.8) is 0 Å². The van der Waals surface area contributed by atoms with Crippen LogP contribution in [0.5, 0.6) is 0 Å². The molecule has 0 saturated carbocycles. The van der Waals surface area contributed by atoms with Crippen molar-refractivity contribution < 1.29 is 14.5 Å². The van der Waals surface area contributed by atoms with Crippen LogP contribution < -0.4 is 16.0 Å². The molecule has 0 radical (unpaired) electrons. The summed E-state index contributed by atoms with van der Waals surface area (Å²) in [5.74, 6) is -0.755. The van der Waals surface area contributed by atoms with Crippen molar-refractivity contribution in [3.05, 3.63) is 51.4 Å². The summed E-state index contributed by atoms with van der Waals surface area (Å²) in [4.78, 5) is 38.5. The Morgan fingerprint density at radius 1 is 1.18 bits per heavy atom. The molecule has 2 amide bonds. The Bertz CT molecular complexity index is 874. The van der Waals surface area contributed by atoms with Gasteiger partial charge in [0, 0.05) is 44.0 Å². The summed E-state index contributed by atoms with van der Waals surface area (Å²) in [7, 11) is 0. The fourth-order valence-corrected chi connectivity index (χ4v) is 3.93. The minimum atomic E-state index is -0.569. The van der Waals surface area contributed by atoms with Crippen LogP contribution in [0.1, 0.15) is 17.3 Å². The van der Waals surface area contributed by atoms with E-state index in [0.717, 1.165) is 5.69 Å². The van der Waals surface area contributed by atoms with Gasteiger partial charge in [0.1, 0.15) is 5.00 Å². The number of anilines is 2. The first-order valence-corrected chi connectivity index (χ1v) is 9.66. The van der Waals surface area contributed by atoms with Crippen molar-refractivity contribution in [2.75, 3.05) is 36.4 Å². The number of nitro benzene ring substituents is 1.